The van der Waals surface area contributed by atoms with Crippen LogP contribution in [0.5, 0.6) is 0 Å². The smallest absolute Gasteiger partial charge is 0.126 e. The van der Waals surface area contributed by atoms with Gasteiger partial charge in [-0.25, -0.2) is 8.78 Å². The third kappa shape index (κ3) is 6.06. The predicted molar refractivity (Wildman–Crippen MR) is 128 cm³/mol. The van der Waals surface area contributed by atoms with Gasteiger partial charge >= 0.3 is 0 Å². The van der Waals surface area contributed by atoms with Crippen LogP contribution >= 0.6 is 0 Å². The van der Waals surface area contributed by atoms with Gasteiger partial charge in [0.15, 0.2) is 0 Å². The molecule has 1 atom stereocenters. The van der Waals surface area contributed by atoms with Gasteiger partial charge in [0.05, 0.1) is 5.69 Å². The zero-order chi connectivity index (χ0) is 23.4. The third-order valence-electron chi connectivity index (χ3n) is 6.98. The normalized spacial score (nSPS) is 16.4. The maximum absolute atomic E-state index is 14.5. The number of aryl methyl sites for hydroxylation is 2. The first kappa shape index (κ1) is 23.6. The highest BCUT2D eigenvalue weighted by Gasteiger charge is 2.30. The summed E-state index contributed by atoms with van der Waals surface area (Å²) >= 11 is 0. The Hall–Kier alpha value is -2.57. The molecule has 0 spiro atoms. The standard InChI is InChI=1S/C27H34F2N4/c1-20-24(19-32(3)30-20)18-31(2)27(16-23-6-4-5-7-26(23)29)22-12-14-33(15-13-22)17-21-8-10-25(28)11-9-21/h4-11,19,22,27H,12-18H2,1-3H3/t27-/m1/s1. The Morgan fingerprint density at radius 1 is 1.03 bits per heavy atom. The molecule has 1 aromatic heterocycles. The van der Waals surface area contributed by atoms with Crippen molar-refractivity contribution in [3.63, 3.8) is 0 Å². The number of rotatable bonds is 8. The summed E-state index contributed by atoms with van der Waals surface area (Å²) in [4.78, 5) is 4.83. The first-order valence-corrected chi connectivity index (χ1v) is 11.8. The van der Waals surface area contributed by atoms with Crippen LogP contribution in [0.2, 0.25) is 0 Å². The van der Waals surface area contributed by atoms with Gasteiger partial charge in [-0.3, -0.25) is 14.5 Å². The number of aromatic nitrogens is 2. The maximum Gasteiger partial charge on any atom is 0.126 e. The lowest BCUT2D eigenvalue weighted by atomic mass is 9.84. The fourth-order valence-corrected chi connectivity index (χ4v) is 5.11. The van der Waals surface area contributed by atoms with E-state index in [1.807, 2.05) is 42.9 Å². The van der Waals surface area contributed by atoms with Gasteiger partial charge in [-0.15, -0.1) is 0 Å². The fraction of sp³-hybridized carbons (Fsp3) is 0.444. The van der Waals surface area contributed by atoms with Crippen LogP contribution in [0.4, 0.5) is 8.78 Å². The van der Waals surface area contributed by atoms with E-state index in [9.17, 15) is 8.78 Å². The summed E-state index contributed by atoms with van der Waals surface area (Å²) in [5.74, 6) is 0.165. The minimum Gasteiger partial charge on any atom is -0.299 e. The monoisotopic (exact) mass is 452 g/mol. The molecule has 2 aromatic carbocycles. The van der Waals surface area contributed by atoms with E-state index in [4.69, 9.17) is 0 Å². The van der Waals surface area contributed by atoms with Crippen molar-refractivity contribution in [1.29, 1.82) is 0 Å². The molecule has 1 aliphatic rings. The van der Waals surface area contributed by atoms with Crippen molar-refractivity contribution in [1.82, 2.24) is 19.6 Å². The van der Waals surface area contributed by atoms with Crippen molar-refractivity contribution in [3.05, 3.63) is 88.7 Å². The molecule has 3 aromatic rings. The molecule has 33 heavy (non-hydrogen) atoms. The van der Waals surface area contributed by atoms with Crippen LogP contribution in [0.25, 0.3) is 0 Å². The van der Waals surface area contributed by atoms with Crippen molar-refractivity contribution in [2.45, 2.75) is 45.3 Å². The number of benzene rings is 2. The summed E-state index contributed by atoms with van der Waals surface area (Å²) in [6.07, 6.45) is 4.91. The molecule has 2 heterocycles. The molecule has 4 rings (SSSR count). The van der Waals surface area contributed by atoms with Crippen molar-refractivity contribution in [2.24, 2.45) is 13.0 Å². The molecule has 0 bridgehead atoms. The van der Waals surface area contributed by atoms with E-state index < -0.39 is 0 Å². The first-order chi connectivity index (χ1) is 15.9. The zero-order valence-corrected chi connectivity index (χ0v) is 19.8. The van der Waals surface area contributed by atoms with Crippen molar-refractivity contribution < 1.29 is 8.78 Å². The lowest BCUT2D eigenvalue weighted by Gasteiger charge is -2.40. The van der Waals surface area contributed by atoms with E-state index in [1.165, 1.54) is 17.7 Å². The van der Waals surface area contributed by atoms with Crippen LogP contribution in [0.1, 0.15) is 35.2 Å². The maximum atomic E-state index is 14.5. The van der Waals surface area contributed by atoms with Crippen LogP contribution in [0, 0.1) is 24.5 Å². The minimum atomic E-state index is -0.194. The number of likely N-dealkylation sites (N-methyl/N-ethyl adjacent to an activating group) is 1. The summed E-state index contributed by atoms with van der Waals surface area (Å²) in [5.41, 5.74) is 4.18. The molecule has 176 valence electrons. The van der Waals surface area contributed by atoms with Crippen LogP contribution < -0.4 is 0 Å². The number of hydrogen-bond acceptors (Lipinski definition) is 3. The Bertz CT molecular complexity index is 1040. The summed E-state index contributed by atoms with van der Waals surface area (Å²) in [6, 6.07) is 14.2. The van der Waals surface area contributed by atoms with Crippen molar-refractivity contribution >= 4 is 0 Å². The average Bonchev–Trinajstić information content (AvgIpc) is 3.11. The van der Waals surface area contributed by atoms with Gasteiger partial charge in [0.2, 0.25) is 0 Å². The van der Waals surface area contributed by atoms with Gasteiger partial charge in [0.1, 0.15) is 11.6 Å². The molecule has 1 fully saturated rings. The van der Waals surface area contributed by atoms with Gasteiger partial charge in [-0.1, -0.05) is 30.3 Å². The van der Waals surface area contributed by atoms with E-state index in [0.29, 0.717) is 12.3 Å². The third-order valence-corrected chi connectivity index (χ3v) is 6.98. The molecule has 0 saturated carbocycles. The average molecular weight is 453 g/mol. The fourth-order valence-electron chi connectivity index (χ4n) is 5.11. The topological polar surface area (TPSA) is 24.3 Å². The molecular weight excluding hydrogens is 418 g/mol. The Balaban J connectivity index is 1.45. The quantitative estimate of drug-likeness (QED) is 0.483. The Labute approximate surface area is 195 Å². The van der Waals surface area contributed by atoms with Gasteiger partial charge in [0.25, 0.3) is 0 Å². The van der Waals surface area contributed by atoms with Gasteiger partial charge in [0, 0.05) is 37.9 Å². The molecule has 1 saturated heterocycles. The highest BCUT2D eigenvalue weighted by atomic mass is 19.1. The second-order valence-corrected chi connectivity index (χ2v) is 9.43. The first-order valence-electron chi connectivity index (χ1n) is 11.8. The second kappa shape index (κ2) is 10.6. The molecule has 0 aliphatic carbocycles. The van der Waals surface area contributed by atoms with Gasteiger partial charge < -0.3 is 0 Å². The summed E-state index contributed by atoms with van der Waals surface area (Å²) in [7, 11) is 4.10. The molecule has 6 heteroatoms. The lowest BCUT2D eigenvalue weighted by Crippen LogP contribution is -2.45. The Morgan fingerprint density at radius 2 is 1.73 bits per heavy atom. The highest BCUT2D eigenvalue weighted by molar-refractivity contribution is 5.20. The second-order valence-electron chi connectivity index (χ2n) is 9.43. The number of piperidine rings is 1. The Morgan fingerprint density at radius 3 is 2.36 bits per heavy atom. The predicted octanol–water partition coefficient (Wildman–Crippen LogP) is 4.96. The van der Waals surface area contributed by atoms with Crippen LogP contribution in [0.15, 0.2) is 54.7 Å². The van der Waals surface area contributed by atoms with E-state index in [-0.39, 0.29) is 17.7 Å². The molecule has 4 nitrogen and oxygen atoms in total. The van der Waals surface area contributed by atoms with E-state index in [2.05, 4.69) is 28.1 Å². The SMILES string of the molecule is Cc1nn(C)cc1CN(C)[C@H](Cc1ccccc1F)C1CCN(Cc2ccc(F)cc2)CC1. The highest BCUT2D eigenvalue weighted by Crippen LogP contribution is 2.29. The molecule has 1 aliphatic heterocycles. The number of nitrogens with zero attached hydrogens (tertiary/aromatic N) is 4. The van der Waals surface area contributed by atoms with Crippen molar-refractivity contribution in [2.75, 3.05) is 20.1 Å². The summed E-state index contributed by atoms with van der Waals surface area (Å²) in [5, 5.41) is 4.49. The van der Waals surface area contributed by atoms with Crippen LogP contribution in [-0.4, -0.2) is 45.8 Å². The number of halogens is 2. The zero-order valence-electron chi connectivity index (χ0n) is 19.8. The molecule has 0 amide bonds. The molecule has 0 unspecified atom stereocenters. The summed E-state index contributed by atoms with van der Waals surface area (Å²) < 4.78 is 29.6. The number of likely N-dealkylation sites (tertiary alicyclic amines) is 1. The number of hydrogen-bond donors (Lipinski definition) is 0. The lowest BCUT2D eigenvalue weighted by molar-refractivity contribution is 0.0948. The minimum absolute atomic E-state index is 0.123. The summed E-state index contributed by atoms with van der Waals surface area (Å²) in [6.45, 7) is 5.68. The van der Waals surface area contributed by atoms with Gasteiger partial charge in [-0.05, 0) is 81.6 Å². The van der Waals surface area contributed by atoms with E-state index in [0.717, 1.165) is 55.8 Å². The van der Waals surface area contributed by atoms with Crippen LogP contribution in [0.3, 0.4) is 0 Å². The van der Waals surface area contributed by atoms with Crippen molar-refractivity contribution in [3.8, 4) is 0 Å². The molecule has 0 radical (unpaired) electrons. The molecular formula is C27H34F2N4. The van der Waals surface area contributed by atoms with Gasteiger partial charge in [-0.2, -0.15) is 5.10 Å². The van der Waals surface area contributed by atoms with E-state index in [1.54, 1.807) is 12.1 Å². The van der Waals surface area contributed by atoms with Crippen LogP contribution in [-0.2, 0) is 26.6 Å². The Kier molecular flexibility index (Phi) is 7.56. The largest absolute Gasteiger partial charge is 0.299 e. The van der Waals surface area contributed by atoms with E-state index >= 15 is 0 Å². The molecule has 0 N–H and O–H groups in total.